The Hall–Kier alpha value is -1.61. The molecular weight excluding hydrogens is 198 g/mol. The molecule has 0 radical (unpaired) electrons. The molecule has 1 heterocycles. The zero-order chi connectivity index (χ0) is 11.4. The van der Waals surface area contributed by atoms with Crippen LogP contribution < -0.4 is 5.73 Å². The molecule has 0 atom stereocenters. The number of imidazole rings is 1. The van der Waals surface area contributed by atoms with Crippen LogP contribution in [0.2, 0.25) is 0 Å². The Balaban J connectivity index is 2.02. The first-order valence-electron chi connectivity index (χ1n) is 5.54. The molecule has 1 aromatic heterocycles. The van der Waals surface area contributed by atoms with E-state index in [2.05, 4.69) is 33.8 Å². The second-order valence-electron chi connectivity index (χ2n) is 3.91. The number of benzene rings is 1. The molecule has 2 rings (SSSR count). The van der Waals surface area contributed by atoms with Crippen molar-refractivity contribution in [1.82, 2.24) is 9.55 Å². The van der Waals surface area contributed by atoms with Crippen molar-refractivity contribution in [3.05, 3.63) is 53.6 Å². The van der Waals surface area contributed by atoms with E-state index in [1.165, 1.54) is 5.56 Å². The van der Waals surface area contributed by atoms with Crippen molar-refractivity contribution >= 4 is 0 Å². The van der Waals surface area contributed by atoms with Gasteiger partial charge in [0, 0.05) is 26.2 Å². The molecule has 0 aliphatic carbocycles. The van der Waals surface area contributed by atoms with Crippen molar-refractivity contribution in [1.29, 1.82) is 0 Å². The van der Waals surface area contributed by atoms with Crippen LogP contribution in [0.5, 0.6) is 0 Å². The normalized spacial score (nSPS) is 10.6. The molecule has 0 saturated heterocycles. The number of nitrogens with zero attached hydrogens (tertiary/aromatic N) is 2. The number of hydrogen-bond donors (Lipinski definition) is 1. The summed E-state index contributed by atoms with van der Waals surface area (Å²) >= 11 is 0. The molecule has 0 aliphatic rings. The van der Waals surface area contributed by atoms with E-state index in [0.717, 1.165) is 24.4 Å². The van der Waals surface area contributed by atoms with Crippen molar-refractivity contribution in [3.8, 4) is 0 Å². The number of aromatic nitrogens is 2. The van der Waals surface area contributed by atoms with Crippen LogP contribution >= 0.6 is 0 Å². The summed E-state index contributed by atoms with van der Waals surface area (Å²) in [5.41, 5.74) is 8.04. The van der Waals surface area contributed by atoms with Crippen LogP contribution in [0.25, 0.3) is 0 Å². The molecule has 0 fully saturated rings. The highest BCUT2D eigenvalue weighted by atomic mass is 15.1. The van der Waals surface area contributed by atoms with Gasteiger partial charge in [0.2, 0.25) is 0 Å². The molecule has 2 aromatic rings. The first kappa shape index (κ1) is 10.9. The molecule has 0 bridgehead atoms. The fourth-order valence-electron chi connectivity index (χ4n) is 1.81. The predicted octanol–water partition coefficient (Wildman–Crippen LogP) is 1.66. The number of hydrogen-bond acceptors (Lipinski definition) is 2. The lowest BCUT2D eigenvalue weighted by atomic mass is 10.1. The molecular formula is C13H17N3. The van der Waals surface area contributed by atoms with Crippen molar-refractivity contribution in [2.45, 2.75) is 19.4 Å². The smallest absolute Gasteiger partial charge is 0.108 e. The van der Waals surface area contributed by atoms with Crippen molar-refractivity contribution in [2.24, 2.45) is 12.8 Å². The van der Waals surface area contributed by atoms with Gasteiger partial charge in [-0.3, -0.25) is 0 Å². The molecule has 0 spiro atoms. The van der Waals surface area contributed by atoms with Crippen molar-refractivity contribution < 1.29 is 0 Å². The Bertz CT molecular complexity index is 445. The lowest BCUT2D eigenvalue weighted by molar-refractivity contribution is 0.735. The van der Waals surface area contributed by atoms with E-state index < -0.39 is 0 Å². The molecule has 84 valence electrons. The van der Waals surface area contributed by atoms with Gasteiger partial charge in [0.1, 0.15) is 5.82 Å². The summed E-state index contributed by atoms with van der Waals surface area (Å²) in [6, 6.07) is 10.5. The van der Waals surface area contributed by atoms with Crippen LogP contribution in [0.4, 0.5) is 0 Å². The largest absolute Gasteiger partial charge is 0.334 e. The van der Waals surface area contributed by atoms with Gasteiger partial charge in [0.15, 0.2) is 0 Å². The summed E-state index contributed by atoms with van der Waals surface area (Å²) < 4.78 is 2.09. The quantitative estimate of drug-likeness (QED) is 0.843. The molecule has 1 aromatic carbocycles. The second-order valence-corrected chi connectivity index (χ2v) is 3.91. The number of aryl methyl sites for hydroxylation is 2. The fourth-order valence-corrected chi connectivity index (χ4v) is 1.81. The first-order valence-corrected chi connectivity index (χ1v) is 5.54. The minimum Gasteiger partial charge on any atom is -0.334 e. The van der Waals surface area contributed by atoms with Crippen molar-refractivity contribution in [2.75, 3.05) is 0 Å². The molecule has 16 heavy (non-hydrogen) atoms. The molecule has 0 amide bonds. The Morgan fingerprint density at radius 1 is 1.19 bits per heavy atom. The minimum atomic E-state index is 0.550. The highest BCUT2D eigenvalue weighted by molar-refractivity contribution is 5.16. The van der Waals surface area contributed by atoms with Gasteiger partial charge in [0.25, 0.3) is 0 Å². The summed E-state index contributed by atoms with van der Waals surface area (Å²) in [4.78, 5) is 4.38. The summed E-state index contributed by atoms with van der Waals surface area (Å²) in [7, 11) is 2.02. The van der Waals surface area contributed by atoms with Crippen LogP contribution in [0.1, 0.15) is 17.1 Å². The van der Waals surface area contributed by atoms with Crippen LogP contribution in [0.15, 0.2) is 36.5 Å². The van der Waals surface area contributed by atoms with E-state index in [0.29, 0.717) is 6.54 Å². The zero-order valence-corrected chi connectivity index (χ0v) is 9.56. The summed E-state index contributed by atoms with van der Waals surface area (Å²) in [5, 5.41) is 0. The zero-order valence-electron chi connectivity index (χ0n) is 9.56. The van der Waals surface area contributed by atoms with E-state index in [1.807, 2.05) is 19.3 Å². The monoisotopic (exact) mass is 215 g/mol. The third-order valence-electron chi connectivity index (χ3n) is 2.87. The minimum absolute atomic E-state index is 0.550. The topological polar surface area (TPSA) is 43.8 Å². The average molecular weight is 215 g/mol. The summed E-state index contributed by atoms with van der Waals surface area (Å²) in [5.74, 6) is 1.10. The molecule has 0 unspecified atom stereocenters. The lowest BCUT2D eigenvalue weighted by Gasteiger charge is -2.04. The van der Waals surface area contributed by atoms with Gasteiger partial charge in [0.05, 0.1) is 5.69 Å². The van der Waals surface area contributed by atoms with E-state index in [4.69, 9.17) is 5.73 Å². The maximum absolute atomic E-state index is 5.61. The maximum atomic E-state index is 5.61. The van der Waals surface area contributed by atoms with Gasteiger partial charge in [-0.1, -0.05) is 30.3 Å². The van der Waals surface area contributed by atoms with E-state index >= 15 is 0 Å². The van der Waals surface area contributed by atoms with Gasteiger partial charge in [-0.05, 0) is 12.0 Å². The fraction of sp³-hybridized carbons (Fsp3) is 0.308. The molecule has 3 nitrogen and oxygen atoms in total. The Kier molecular flexibility index (Phi) is 3.37. The third-order valence-corrected chi connectivity index (χ3v) is 2.87. The first-order chi connectivity index (χ1) is 7.81. The lowest BCUT2D eigenvalue weighted by Crippen LogP contribution is -2.07. The van der Waals surface area contributed by atoms with Gasteiger partial charge < -0.3 is 10.3 Å². The van der Waals surface area contributed by atoms with E-state index in [-0.39, 0.29) is 0 Å². The average Bonchev–Trinajstić information content (AvgIpc) is 2.69. The van der Waals surface area contributed by atoms with Crippen LogP contribution in [0, 0.1) is 0 Å². The Morgan fingerprint density at radius 2 is 1.94 bits per heavy atom. The predicted molar refractivity (Wildman–Crippen MR) is 64.9 cm³/mol. The Labute approximate surface area is 95.9 Å². The van der Waals surface area contributed by atoms with Crippen molar-refractivity contribution in [3.63, 3.8) is 0 Å². The summed E-state index contributed by atoms with van der Waals surface area (Å²) in [6.07, 6.45) is 3.84. The molecule has 3 heteroatoms. The van der Waals surface area contributed by atoms with Gasteiger partial charge in [-0.25, -0.2) is 4.98 Å². The van der Waals surface area contributed by atoms with Gasteiger partial charge in [-0.2, -0.15) is 0 Å². The number of rotatable bonds is 4. The van der Waals surface area contributed by atoms with Crippen LogP contribution in [-0.2, 0) is 26.4 Å². The second kappa shape index (κ2) is 4.94. The van der Waals surface area contributed by atoms with E-state index in [1.54, 1.807) is 0 Å². The molecule has 0 saturated carbocycles. The SMILES string of the molecule is Cn1c(CN)cnc1CCc1ccccc1. The number of nitrogens with two attached hydrogens (primary N) is 1. The Morgan fingerprint density at radius 3 is 2.56 bits per heavy atom. The third kappa shape index (κ3) is 2.31. The van der Waals surface area contributed by atoms with Crippen LogP contribution in [0.3, 0.4) is 0 Å². The highest BCUT2D eigenvalue weighted by Crippen LogP contribution is 2.07. The van der Waals surface area contributed by atoms with E-state index in [9.17, 15) is 0 Å². The maximum Gasteiger partial charge on any atom is 0.108 e. The molecule has 0 aliphatic heterocycles. The standard InChI is InChI=1S/C13H17N3/c1-16-12(9-14)10-15-13(16)8-7-11-5-3-2-4-6-11/h2-6,10H,7-9,14H2,1H3. The van der Waals surface area contributed by atoms with Gasteiger partial charge in [-0.15, -0.1) is 0 Å². The van der Waals surface area contributed by atoms with Gasteiger partial charge >= 0.3 is 0 Å². The summed E-state index contributed by atoms with van der Waals surface area (Å²) in [6.45, 7) is 0.550. The highest BCUT2D eigenvalue weighted by Gasteiger charge is 2.04. The molecule has 2 N–H and O–H groups in total. The van der Waals surface area contributed by atoms with Crippen LogP contribution in [-0.4, -0.2) is 9.55 Å².